The number of fused-ring (bicyclic) bond motifs is 1. The summed E-state index contributed by atoms with van der Waals surface area (Å²) in [5, 5.41) is 3.56. The summed E-state index contributed by atoms with van der Waals surface area (Å²) in [6.45, 7) is 3.14. The molecule has 1 fully saturated rings. The maximum absolute atomic E-state index is 4.32. The summed E-state index contributed by atoms with van der Waals surface area (Å²) in [6, 6.07) is 0.618. The summed E-state index contributed by atoms with van der Waals surface area (Å²) in [6.07, 6.45) is 10.2. The van der Waals surface area contributed by atoms with E-state index >= 15 is 0 Å². The second kappa shape index (κ2) is 3.87. The molecule has 0 radical (unpaired) electrons. The standard InChI is InChI=1S/C12H16N4/c1-9(10-2-3-10)14-6-11-7-15-12-8-13-4-5-16(11)12/h4-5,7-10,14H,2-3,6H2,1H3. The first-order valence-corrected chi connectivity index (χ1v) is 5.84. The molecule has 0 saturated heterocycles. The third kappa shape index (κ3) is 1.80. The van der Waals surface area contributed by atoms with Gasteiger partial charge in [0.2, 0.25) is 0 Å². The van der Waals surface area contributed by atoms with Crippen LogP contribution in [0.2, 0.25) is 0 Å². The number of hydrogen-bond acceptors (Lipinski definition) is 3. The van der Waals surface area contributed by atoms with Crippen molar-refractivity contribution in [2.45, 2.75) is 32.4 Å². The smallest absolute Gasteiger partial charge is 0.155 e. The van der Waals surface area contributed by atoms with Gasteiger partial charge >= 0.3 is 0 Å². The van der Waals surface area contributed by atoms with Crippen molar-refractivity contribution >= 4 is 5.65 Å². The molecule has 0 aromatic carbocycles. The summed E-state index contributed by atoms with van der Waals surface area (Å²) in [7, 11) is 0. The van der Waals surface area contributed by atoms with Crippen molar-refractivity contribution in [2.75, 3.05) is 0 Å². The molecular formula is C12H16N4. The Bertz CT molecular complexity index is 486. The van der Waals surface area contributed by atoms with Crippen LogP contribution in [0.15, 0.2) is 24.8 Å². The molecule has 3 rings (SSSR count). The molecule has 1 saturated carbocycles. The van der Waals surface area contributed by atoms with E-state index in [0.717, 1.165) is 18.1 Å². The Morgan fingerprint density at radius 1 is 1.50 bits per heavy atom. The summed E-state index contributed by atoms with van der Waals surface area (Å²) in [5.41, 5.74) is 2.11. The van der Waals surface area contributed by atoms with E-state index in [4.69, 9.17) is 0 Å². The molecule has 4 nitrogen and oxygen atoms in total. The van der Waals surface area contributed by atoms with Gasteiger partial charge in [-0.05, 0) is 25.7 Å². The Labute approximate surface area is 94.7 Å². The van der Waals surface area contributed by atoms with Gasteiger partial charge in [-0.15, -0.1) is 0 Å². The van der Waals surface area contributed by atoms with Crippen LogP contribution in [-0.2, 0) is 6.54 Å². The molecule has 4 heteroatoms. The quantitative estimate of drug-likeness (QED) is 0.844. The zero-order valence-corrected chi connectivity index (χ0v) is 9.43. The molecule has 0 spiro atoms. The van der Waals surface area contributed by atoms with Gasteiger partial charge in [0, 0.05) is 25.0 Å². The number of rotatable bonds is 4. The number of imidazole rings is 1. The lowest BCUT2D eigenvalue weighted by Crippen LogP contribution is -2.27. The van der Waals surface area contributed by atoms with Crippen LogP contribution in [0.3, 0.4) is 0 Å². The molecule has 2 aromatic heterocycles. The molecule has 0 aliphatic heterocycles. The lowest BCUT2D eigenvalue weighted by atomic mass is 10.2. The third-order valence-electron chi connectivity index (χ3n) is 3.33. The van der Waals surface area contributed by atoms with Crippen LogP contribution in [0.5, 0.6) is 0 Å². The topological polar surface area (TPSA) is 42.2 Å². The largest absolute Gasteiger partial charge is 0.308 e. The molecule has 1 aliphatic carbocycles. The highest BCUT2D eigenvalue weighted by Gasteiger charge is 2.27. The first kappa shape index (κ1) is 9.78. The molecule has 84 valence electrons. The number of nitrogens with zero attached hydrogens (tertiary/aromatic N) is 3. The fourth-order valence-electron chi connectivity index (χ4n) is 2.05. The van der Waals surface area contributed by atoms with Gasteiger partial charge in [0.1, 0.15) is 0 Å². The highest BCUT2D eigenvalue weighted by atomic mass is 15.1. The maximum atomic E-state index is 4.32. The van der Waals surface area contributed by atoms with Crippen molar-refractivity contribution in [3.63, 3.8) is 0 Å². The SMILES string of the molecule is CC(NCc1cnc2cnccn12)C1CC1. The predicted octanol–water partition coefficient (Wildman–Crippen LogP) is 1.62. The fourth-order valence-corrected chi connectivity index (χ4v) is 2.05. The van der Waals surface area contributed by atoms with Gasteiger partial charge in [-0.2, -0.15) is 0 Å². The van der Waals surface area contributed by atoms with Crippen molar-refractivity contribution in [3.05, 3.63) is 30.5 Å². The number of aromatic nitrogens is 3. The van der Waals surface area contributed by atoms with Gasteiger partial charge in [0.15, 0.2) is 5.65 Å². The molecule has 16 heavy (non-hydrogen) atoms. The van der Waals surface area contributed by atoms with Crippen molar-refractivity contribution in [3.8, 4) is 0 Å². The molecule has 2 heterocycles. The van der Waals surface area contributed by atoms with Crippen LogP contribution in [-0.4, -0.2) is 20.4 Å². The molecule has 1 aliphatic rings. The van der Waals surface area contributed by atoms with E-state index in [9.17, 15) is 0 Å². The second-order valence-corrected chi connectivity index (χ2v) is 4.56. The van der Waals surface area contributed by atoms with Gasteiger partial charge in [0.25, 0.3) is 0 Å². The summed E-state index contributed by atoms with van der Waals surface area (Å²) in [4.78, 5) is 8.37. The van der Waals surface area contributed by atoms with E-state index in [1.807, 2.05) is 12.4 Å². The van der Waals surface area contributed by atoms with Crippen LogP contribution in [0, 0.1) is 5.92 Å². The van der Waals surface area contributed by atoms with Gasteiger partial charge in [-0.3, -0.25) is 9.38 Å². The van der Waals surface area contributed by atoms with Crippen molar-refractivity contribution < 1.29 is 0 Å². The van der Waals surface area contributed by atoms with Gasteiger partial charge in [-0.1, -0.05) is 0 Å². The molecule has 1 atom stereocenters. The van der Waals surface area contributed by atoms with E-state index in [2.05, 4.69) is 26.6 Å². The van der Waals surface area contributed by atoms with Crippen LogP contribution < -0.4 is 5.32 Å². The Kier molecular flexibility index (Phi) is 2.36. The minimum absolute atomic E-state index is 0.618. The Hall–Kier alpha value is -1.42. The fraction of sp³-hybridized carbons (Fsp3) is 0.500. The normalized spacial score (nSPS) is 17.8. The van der Waals surface area contributed by atoms with E-state index in [-0.39, 0.29) is 0 Å². The zero-order chi connectivity index (χ0) is 11.0. The van der Waals surface area contributed by atoms with Crippen LogP contribution >= 0.6 is 0 Å². The molecular weight excluding hydrogens is 200 g/mol. The summed E-state index contributed by atoms with van der Waals surface area (Å²) < 4.78 is 2.08. The van der Waals surface area contributed by atoms with E-state index < -0.39 is 0 Å². The average molecular weight is 216 g/mol. The van der Waals surface area contributed by atoms with Crippen LogP contribution in [0.1, 0.15) is 25.5 Å². The number of hydrogen-bond donors (Lipinski definition) is 1. The molecule has 0 bridgehead atoms. The van der Waals surface area contributed by atoms with Crippen LogP contribution in [0.4, 0.5) is 0 Å². The first-order chi connectivity index (χ1) is 7.84. The monoisotopic (exact) mass is 216 g/mol. The van der Waals surface area contributed by atoms with Crippen molar-refractivity contribution in [1.82, 2.24) is 19.7 Å². The third-order valence-corrected chi connectivity index (χ3v) is 3.33. The van der Waals surface area contributed by atoms with E-state index in [1.54, 1.807) is 12.4 Å². The van der Waals surface area contributed by atoms with Gasteiger partial charge in [0.05, 0.1) is 18.1 Å². The number of nitrogens with one attached hydrogen (secondary N) is 1. The zero-order valence-electron chi connectivity index (χ0n) is 9.43. The van der Waals surface area contributed by atoms with Crippen molar-refractivity contribution in [1.29, 1.82) is 0 Å². The van der Waals surface area contributed by atoms with Crippen molar-refractivity contribution in [2.24, 2.45) is 5.92 Å². The van der Waals surface area contributed by atoms with E-state index in [0.29, 0.717) is 6.04 Å². The minimum Gasteiger partial charge on any atom is -0.308 e. The molecule has 1 unspecified atom stereocenters. The van der Waals surface area contributed by atoms with Crippen LogP contribution in [0.25, 0.3) is 5.65 Å². The lowest BCUT2D eigenvalue weighted by Gasteiger charge is -2.11. The summed E-state index contributed by atoms with van der Waals surface area (Å²) >= 11 is 0. The van der Waals surface area contributed by atoms with Gasteiger partial charge in [-0.25, -0.2) is 4.98 Å². The highest BCUT2D eigenvalue weighted by Crippen LogP contribution is 2.32. The molecule has 2 aromatic rings. The maximum Gasteiger partial charge on any atom is 0.155 e. The lowest BCUT2D eigenvalue weighted by molar-refractivity contribution is 0.491. The minimum atomic E-state index is 0.618. The Balaban J connectivity index is 1.73. The Morgan fingerprint density at radius 2 is 2.38 bits per heavy atom. The molecule has 1 N–H and O–H groups in total. The second-order valence-electron chi connectivity index (χ2n) is 4.56. The van der Waals surface area contributed by atoms with E-state index in [1.165, 1.54) is 18.5 Å². The van der Waals surface area contributed by atoms with Gasteiger partial charge < -0.3 is 5.32 Å². The first-order valence-electron chi connectivity index (χ1n) is 5.84. The predicted molar refractivity (Wildman–Crippen MR) is 62.0 cm³/mol. The Morgan fingerprint density at radius 3 is 3.19 bits per heavy atom. The summed E-state index contributed by atoms with van der Waals surface area (Å²) in [5.74, 6) is 0.890. The highest BCUT2D eigenvalue weighted by molar-refractivity contribution is 5.36. The average Bonchev–Trinajstić information content (AvgIpc) is 3.08. The molecule has 0 amide bonds.